The molecule has 0 amide bonds. The Hall–Kier alpha value is -0.980. The van der Waals surface area contributed by atoms with Gasteiger partial charge in [0.25, 0.3) is 0 Å². The molecule has 1 heteroatoms. The van der Waals surface area contributed by atoms with Crippen molar-refractivity contribution in [3.05, 3.63) is 29.8 Å². The predicted molar refractivity (Wildman–Crippen MR) is 77.1 cm³/mol. The summed E-state index contributed by atoms with van der Waals surface area (Å²) in [7, 11) is 0. The van der Waals surface area contributed by atoms with Crippen LogP contribution in [0.4, 0.5) is 0 Å². The standard InChI is InChI=1S/C17H26O/c1-2-8-15-11-7-12-17(13-15)18-14-16-9-5-3-4-6-10-16/h7,11-13,16H,2-6,8-10,14H2,1H3. The highest BCUT2D eigenvalue weighted by Crippen LogP contribution is 2.24. The second kappa shape index (κ2) is 7.45. The Morgan fingerprint density at radius 2 is 1.89 bits per heavy atom. The molecular formula is C17H26O. The number of rotatable bonds is 5. The molecule has 0 heterocycles. The Morgan fingerprint density at radius 1 is 1.11 bits per heavy atom. The molecule has 2 rings (SSSR count). The van der Waals surface area contributed by atoms with E-state index in [4.69, 9.17) is 4.74 Å². The van der Waals surface area contributed by atoms with Gasteiger partial charge < -0.3 is 4.74 Å². The third-order valence-corrected chi connectivity index (χ3v) is 3.90. The van der Waals surface area contributed by atoms with Crippen LogP contribution in [0.5, 0.6) is 5.75 Å². The summed E-state index contributed by atoms with van der Waals surface area (Å²) >= 11 is 0. The summed E-state index contributed by atoms with van der Waals surface area (Å²) in [6.07, 6.45) is 10.7. The van der Waals surface area contributed by atoms with Crippen molar-refractivity contribution in [2.24, 2.45) is 5.92 Å². The Labute approximate surface area is 112 Å². The van der Waals surface area contributed by atoms with Gasteiger partial charge in [-0.3, -0.25) is 0 Å². The molecule has 0 unspecified atom stereocenters. The number of ether oxygens (including phenoxy) is 1. The van der Waals surface area contributed by atoms with Crippen LogP contribution in [-0.2, 0) is 6.42 Å². The fourth-order valence-electron chi connectivity index (χ4n) is 2.82. The highest BCUT2D eigenvalue weighted by Gasteiger charge is 2.12. The zero-order chi connectivity index (χ0) is 12.6. The van der Waals surface area contributed by atoms with Gasteiger partial charge in [-0.05, 0) is 42.9 Å². The van der Waals surface area contributed by atoms with Gasteiger partial charge in [0.2, 0.25) is 0 Å². The molecule has 1 nitrogen and oxygen atoms in total. The first kappa shape index (κ1) is 13.5. The third kappa shape index (κ3) is 4.36. The first-order valence-electron chi connectivity index (χ1n) is 7.60. The van der Waals surface area contributed by atoms with Crippen LogP contribution >= 0.6 is 0 Å². The monoisotopic (exact) mass is 246 g/mol. The van der Waals surface area contributed by atoms with Crippen LogP contribution in [-0.4, -0.2) is 6.61 Å². The van der Waals surface area contributed by atoms with Gasteiger partial charge in [-0.25, -0.2) is 0 Å². The van der Waals surface area contributed by atoms with E-state index in [1.54, 1.807) is 0 Å². The van der Waals surface area contributed by atoms with Crippen LogP contribution in [0.15, 0.2) is 24.3 Å². The van der Waals surface area contributed by atoms with Crippen LogP contribution in [0.1, 0.15) is 57.4 Å². The summed E-state index contributed by atoms with van der Waals surface area (Å²) in [6, 6.07) is 8.62. The summed E-state index contributed by atoms with van der Waals surface area (Å²) in [5.41, 5.74) is 1.40. The van der Waals surface area contributed by atoms with Gasteiger partial charge in [0.15, 0.2) is 0 Å². The molecule has 0 spiro atoms. The zero-order valence-electron chi connectivity index (χ0n) is 11.7. The van der Waals surface area contributed by atoms with E-state index >= 15 is 0 Å². The molecule has 1 saturated carbocycles. The lowest BCUT2D eigenvalue weighted by Gasteiger charge is -2.15. The van der Waals surface area contributed by atoms with Gasteiger partial charge >= 0.3 is 0 Å². The minimum Gasteiger partial charge on any atom is -0.493 e. The van der Waals surface area contributed by atoms with Gasteiger partial charge in [-0.2, -0.15) is 0 Å². The molecule has 1 aliphatic carbocycles. The largest absolute Gasteiger partial charge is 0.493 e. The topological polar surface area (TPSA) is 9.23 Å². The van der Waals surface area contributed by atoms with Crippen molar-refractivity contribution < 1.29 is 4.74 Å². The molecule has 0 saturated heterocycles. The number of hydrogen-bond donors (Lipinski definition) is 0. The second-order valence-corrected chi connectivity index (χ2v) is 5.57. The fourth-order valence-corrected chi connectivity index (χ4v) is 2.82. The van der Waals surface area contributed by atoms with E-state index in [0.29, 0.717) is 0 Å². The quantitative estimate of drug-likeness (QED) is 0.665. The smallest absolute Gasteiger partial charge is 0.119 e. The predicted octanol–water partition coefficient (Wildman–Crippen LogP) is 4.99. The molecule has 1 aromatic rings. The minimum atomic E-state index is 0.780. The highest BCUT2D eigenvalue weighted by molar-refractivity contribution is 5.28. The minimum absolute atomic E-state index is 0.780. The fraction of sp³-hybridized carbons (Fsp3) is 0.647. The lowest BCUT2D eigenvalue weighted by Crippen LogP contribution is -2.11. The molecule has 100 valence electrons. The molecule has 1 aromatic carbocycles. The first-order valence-corrected chi connectivity index (χ1v) is 7.60. The summed E-state index contributed by atoms with van der Waals surface area (Å²) in [5, 5.41) is 0. The van der Waals surface area contributed by atoms with Crippen molar-refractivity contribution in [1.82, 2.24) is 0 Å². The molecule has 18 heavy (non-hydrogen) atoms. The maximum absolute atomic E-state index is 5.99. The second-order valence-electron chi connectivity index (χ2n) is 5.57. The Bertz CT molecular complexity index is 337. The van der Waals surface area contributed by atoms with Crippen LogP contribution in [0.3, 0.4) is 0 Å². The van der Waals surface area contributed by atoms with Crippen LogP contribution in [0.2, 0.25) is 0 Å². The van der Waals surface area contributed by atoms with Gasteiger partial charge in [-0.1, -0.05) is 51.2 Å². The summed E-state index contributed by atoms with van der Waals surface area (Å²) in [5.74, 6) is 1.84. The van der Waals surface area contributed by atoms with Gasteiger partial charge in [0.05, 0.1) is 6.61 Å². The van der Waals surface area contributed by atoms with Gasteiger partial charge in [-0.15, -0.1) is 0 Å². The van der Waals surface area contributed by atoms with Crippen LogP contribution in [0, 0.1) is 5.92 Å². The van der Waals surface area contributed by atoms with Crippen molar-refractivity contribution in [2.75, 3.05) is 6.61 Å². The summed E-state index contributed by atoms with van der Waals surface area (Å²) < 4.78 is 5.99. The SMILES string of the molecule is CCCc1cccc(OCC2CCCCCC2)c1. The Kier molecular flexibility index (Phi) is 5.57. The number of benzene rings is 1. The Morgan fingerprint density at radius 3 is 2.61 bits per heavy atom. The van der Waals surface area contributed by atoms with E-state index in [2.05, 4.69) is 31.2 Å². The average Bonchev–Trinajstić information content (AvgIpc) is 2.66. The molecular weight excluding hydrogens is 220 g/mol. The maximum atomic E-state index is 5.99. The number of hydrogen-bond acceptors (Lipinski definition) is 1. The van der Waals surface area contributed by atoms with Crippen LogP contribution < -0.4 is 4.74 Å². The maximum Gasteiger partial charge on any atom is 0.119 e. The summed E-state index contributed by atoms with van der Waals surface area (Å²) in [4.78, 5) is 0. The highest BCUT2D eigenvalue weighted by atomic mass is 16.5. The third-order valence-electron chi connectivity index (χ3n) is 3.90. The lowest BCUT2D eigenvalue weighted by atomic mass is 10.0. The zero-order valence-corrected chi connectivity index (χ0v) is 11.7. The molecule has 0 aliphatic heterocycles. The molecule has 0 radical (unpaired) electrons. The van der Waals surface area contributed by atoms with Crippen molar-refractivity contribution >= 4 is 0 Å². The van der Waals surface area contributed by atoms with E-state index in [1.807, 2.05) is 0 Å². The molecule has 1 fully saturated rings. The first-order chi connectivity index (χ1) is 8.88. The lowest BCUT2D eigenvalue weighted by molar-refractivity contribution is 0.233. The van der Waals surface area contributed by atoms with Gasteiger partial charge in [0.1, 0.15) is 5.75 Å². The molecule has 0 N–H and O–H groups in total. The van der Waals surface area contributed by atoms with Gasteiger partial charge in [0, 0.05) is 0 Å². The van der Waals surface area contributed by atoms with E-state index in [9.17, 15) is 0 Å². The molecule has 1 aliphatic rings. The van der Waals surface area contributed by atoms with Crippen molar-refractivity contribution in [2.45, 2.75) is 58.3 Å². The Balaban J connectivity index is 1.83. The van der Waals surface area contributed by atoms with Crippen molar-refractivity contribution in [1.29, 1.82) is 0 Å². The van der Waals surface area contributed by atoms with E-state index in [-0.39, 0.29) is 0 Å². The van der Waals surface area contributed by atoms with Crippen molar-refractivity contribution in [3.63, 3.8) is 0 Å². The normalized spacial score (nSPS) is 17.4. The van der Waals surface area contributed by atoms with E-state index in [1.165, 1.54) is 50.5 Å². The molecule has 0 bridgehead atoms. The number of aryl methyl sites for hydroxylation is 1. The average molecular weight is 246 g/mol. The molecule has 0 aromatic heterocycles. The molecule has 0 atom stereocenters. The summed E-state index contributed by atoms with van der Waals surface area (Å²) in [6.45, 7) is 3.13. The van der Waals surface area contributed by atoms with E-state index in [0.717, 1.165) is 24.7 Å². The van der Waals surface area contributed by atoms with Crippen molar-refractivity contribution in [3.8, 4) is 5.75 Å². The van der Waals surface area contributed by atoms with E-state index < -0.39 is 0 Å². The van der Waals surface area contributed by atoms with Crippen LogP contribution in [0.25, 0.3) is 0 Å².